The molecule has 1 aliphatic heterocycles. The molecule has 0 bridgehead atoms. The molecule has 5 heteroatoms. The van der Waals surface area contributed by atoms with Gasteiger partial charge in [-0.05, 0) is 49.2 Å². The molecule has 0 aromatic heterocycles. The van der Waals surface area contributed by atoms with Crippen molar-refractivity contribution in [2.24, 2.45) is 0 Å². The normalized spacial score (nSPS) is 13.8. The van der Waals surface area contributed by atoms with Gasteiger partial charge in [0.2, 0.25) is 0 Å². The van der Waals surface area contributed by atoms with Gasteiger partial charge in [0.1, 0.15) is 11.4 Å². The van der Waals surface area contributed by atoms with E-state index in [2.05, 4.69) is 5.32 Å². The smallest absolute Gasteiger partial charge is 0.282 e. The highest BCUT2D eigenvalue weighted by atomic mass is 16.5. The van der Waals surface area contributed by atoms with Crippen molar-refractivity contribution in [3.05, 3.63) is 95.2 Å². The predicted molar refractivity (Wildman–Crippen MR) is 118 cm³/mol. The molecule has 1 heterocycles. The number of amides is 2. The van der Waals surface area contributed by atoms with Crippen molar-refractivity contribution < 1.29 is 14.3 Å². The van der Waals surface area contributed by atoms with Gasteiger partial charge in [-0.3, -0.25) is 9.59 Å². The van der Waals surface area contributed by atoms with Crippen molar-refractivity contribution in [3.8, 4) is 5.75 Å². The Labute approximate surface area is 175 Å². The van der Waals surface area contributed by atoms with E-state index in [1.165, 1.54) is 12.0 Å². The number of hydrogen-bond donors (Lipinski definition) is 1. The second kappa shape index (κ2) is 7.87. The quantitative estimate of drug-likeness (QED) is 0.633. The highest BCUT2D eigenvalue weighted by molar-refractivity contribution is 6.46. The maximum Gasteiger partial charge on any atom is 0.282 e. The van der Waals surface area contributed by atoms with Gasteiger partial charge in [0.25, 0.3) is 11.8 Å². The molecule has 2 amide bonds. The second-order valence-electron chi connectivity index (χ2n) is 7.18. The first-order chi connectivity index (χ1) is 14.5. The lowest BCUT2D eigenvalue weighted by atomic mass is 9.97. The van der Waals surface area contributed by atoms with Crippen molar-refractivity contribution in [1.29, 1.82) is 0 Å². The van der Waals surface area contributed by atoms with Gasteiger partial charge in [0.05, 0.1) is 18.4 Å². The lowest BCUT2D eigenvalue weighted by molar-refractivity contribution is -0.120. The Balaban J connectivity index is 1.88. The highest BCUT2D eigenvalue weighted by Gasteiger charge is 2.41. The van der Waals surface area contributed by atoms with E-state index in [0.717, 1.165) is 22.4 Å². The molecular formula is C25H22N2O3. The summed E-state index contributed by atoms with van der Waals surface area (Å²) >= 11 is 0. The van der Waals surface area contributed by atoms with Gasteiger partial charge < -0.3 is 10.1 Å². The van der Waals surface area contributed by atoms with Crippen LogP contribution >= 0.6 is 0 Å². The molecule has 4 rings (SSSR count). The van der Waals surface area contributed by atoms with E-state index in [0.29, 0.717) is 17.0 Å². The van der Waals surface area contributed by atoms with E-state index in [1.54, 1.807) is 24.3 Å². The van der Waals surface area contributed by atoms with Gasteiger partial charge in [0, 0.05) is 5.69 Å². The maximum absolute atomic E-state index is 13.6. The minimum Gasteiger partial charge on any atom is -0.495 e. The number of carbonyl (C=O) groups is 2. The average molecular weight is 398 g/mol. The Kier molecular flexibility index (Phi) is 5.11. The van der Waals surface area contributed by atoms with Crippen LogP contribution in [0, 0.1) is 13.8 Å². The molecule has 0 unspecified atom stereocenters. The van der Waals surface area contributed by atoms with Crippen molar-refractivity contribution in [1.82, 2.24) is 0 Å². The maximum atomic E-state index is 13.6. The Hall–Kier alpha value is -3.86. The molecule has 3 aromatic rings. The van der Waals surface area contributed by atoms with Crippen LogP contribution in [-0.4, -0.2) is 18.9 Å². The van der Waals surface area contributed by atoms with Crippen LogP contribution in [0.15, 0.2) is 78.5 Å². The van der Waals surface area contributed by atoms with Crippen LogP contribution < -0.4 is 15.0 Å². The standard InChI is InChI=1S/C25H22N2O3/c1-16-13-14-19(17(2)15-16)22-23(26-18-9-5-4-6-10-18)25(29)27(24(22)28)20-11-7-8-12-21(20)30-3/h4-15,26H,1-3H3. The van der Waals surface area contributed by atoms with Crippen LogP contribution in [0.4, 0.5) is 11.4 Å². The molecule has 3 aromatic carbocycles. The molecule has 30 heavy (non-hydrogen) atoms. The summed E-state index contributed by atoms with van der Waals surface area (Å²) in [5, 5.41) is 3.18. The summed E-state index contributed by atoms with van der Waals surface area (Å²) in [6.45, 7) is 3.94. The Bertz CT molecular complexity index is 1170. The van der Waals surface area contributed by atoms with E-state index in [1.807, 2.05) is 62.4 Å². The molecular weight excluding hydrogens is 376 g/mol. The fourth-order valence-corrected chi connectivity index (χ4v) is 3.69. The number of anilines is 2. The third-order valence-corrected chi connectivity index (χ3v) is 5.10. The van der Waals surface area contributed by atoms with Crippen LogP contribution in [0.5, 0.6) is 5.75 Å². The minimum atomic E-state index is -0.414. The van der Waals surface area contributed by atoms with E-state index >= 15 is 0 Å². The molecule has 150 valence electrons. The van der Waals surface area contributed by atoms with Crippen LogP contribution in [0.2, 0.25) is 0 Å². The number of nitrogens with one attached hydrogen (secondary N) is 1. The molecule has 1 aliphatic rings. The number of aryl methyl sites for hydroxylation is 2. The molecule has 0 fully saturated rings. The molecule has 1 N–H and O–H groups in total. The zero-order chi connectivity index (χ0) is 21.3. The van der Waals surface area contributed by atoms with Crippen molar-refractivity contribution in [3.63, 3.8) is 0 Å². The number of hydrogen-bond acceptors (Lipinski definition) is 4. The van der Waals surface area contributed by atoms with Crippen molar-refractivity contribution >= 4 is 28.8 Å². The summed E-state index contributed by atoms with van der Waals surface area (Å²) in [4.78, 5) is 28.2. The van der Waals surface area contributed by atoms with Crippen molar-refractivity contribution in [2.45, 2.75) is 13.8 Å². The number of rotatable bonds is 5. The molecule has 0 spiro atoms. The van der Waals surface area contributed by atoms with Gasteiger partial charge in [-0.2, -0.15) is 0 Å². The third-order valence-electron chi connectivity index (χ3n) is 5.10. The van der Waals surface area contributed by atoms with Crippen LogP contribution in [0.25, 0.3) is 5.57 Å². The number of imide groups is 1. The number of carbonyl (C=O) groups excluding carboxylic acids is 2. The monoisotopic (exact) mass is 398 g/mol. The summed E-state index contributed by atoms with van der Waals surface area (Å²) < 4.78 is 5.40. The summed E-state index contributed by atoms with van der Waals surface area (Å²) in [7, 11) is 1.52. The Morgan fingerprint density at radius 3 is 2.23 bits per heavy atom. The lowest BCUT2D eigenvalue weighted by Crippen LogP contribution is -2.32. The average Bonchev–Trinajstić information content (AvgIpc) is 2.98. The fraction of sp³-hybridized carbons (Fsp3) is 0.120. The molecule has 5 nitrogen and oxygen atoms in total. The summed E-state index contributed by atoms with van der Waals surface area (Å²) in [5.41, 5.74) is 4.51. The van der Waals surface area contributed by atoms with Gasteiger partial charge in [-0.15, -0.1) is 0 Å². The number of para-hydroxylation sites is 3. The highest BCUT2D eigenvalue weighted by Crippen LogP contribution is 2.38. The van der Waals surface area contributed by atoms with E-state index in [-0.39, 0.29) is 11.6 Å². The lowest BCUT2D eigenvalue weighted by Gasteiger charge is -2.18. The number of methoxy groups -OCH3 is 1. The van der Waals surface area contributed by atoms with Crippen molar-refractivity contribution in [2.75, 3.05) is 17.3 Å². The van der Waals surface area contributed by atoms with Crippen LogP contribution in [-0.2, 0) is 9.59 Å². The first-order valence-electron chi connectivity index (χ1n) is 9.67. The van der Waals surface area contributed by atoms with Crippen LogP contribution in [0.1, 0.15) is 16.7 Å². The number of ether oxygens (including phenoxy) is 1. The number of benzene rings is 3. The predicted octanol–water partition coefficient (Wildman–Crippen LogP) is 4.71. The van der Waals surface area contributed by atoms with Gasteiger partial charge in [-0.1, -0.05) is 54.1 Å². The van der Waals surface area contributed by atoms with Gasteiger partial charge in [0.15, 0.2) is 0 Å². The second-order valence-corrected chi connectivity index (χ2v) is 7.18. The van der Waals surface area contributed by atoms with Crippen LogP contribution in [0.3, 0.4) is 0 Å². The summed E-state index contributed by atoms with van der Waals surface area (Å²) in [6, 6.07) is 22.2. The third kappa shape index (κ3) is 3.35. The fourth-order valence-electron chi connectivity index (χ4n) is 3.69. The topological polar surface area (TPSA) is 58.6 Å². The van der Waals surface area contributed by atoms with E-state index in [9.17, 15) is 9.59 Å². The summed E-state index contributed by atoms with van der Waals surface area (Å²) in [5.74, 6) is -0.335. The SMILES string of the molecule is COc1ccccc1N1C(=O)C(Nc2ccccc2)=C(c2ccc(C)cc2C)C1=O. The molecule has 0 aliphatic carbocycles. The first kappa shape index (κ1) is 19.5. The van der Waals surface area contributed by atoms with E-state index in [4.69, 9.17) is 4.74 Å². The molecule has 0 atom stereocenters. The van der Waals surface area contributed by atoms with E-state index < -0.39 is 5.91 Å². The summed E-state index contributed by atoms with van der Waals surface area (Å²) in [6.07, 6.45) is 0. The minimum absolute atomic E-state index is 0.254. The molecule has 0 saturated heterocycles. The molecule has 0 saturated carbocycles. The zero-order valence-corrected chi connectivity index (χ0v) is 17.1. The first-order valence-corrected chi connectivity index (χ1v) is 9.67. The largest absolute Gasteiger partial charge is 0.495 e. The van der Waals surface area contributed by atoms with Gasteiger partial charge >= 0.3 is 0 Å². The molecule has 0 radical (unpaired) electrons. The van der Waals surface area contributed by atoms with Gasteiger partial charge in [-0.25, -0.2) is 4.90 Å². The number of nitrogens with zero attached hydrogens (tertiary/aromatic N) is 1. The Morgan fingerprint density at radius 1 is 0.833 bits per heavy atom. The zero-order valence-electron chi connectivity index (χ0n) is 17.1. The Morgan fingerprint density at radius 2 is 1.53 bits per heavy atom.